The molecule has 0 spiro atoms. The number of hydrogen-bond acceptors (Lipinski definition) is 4. The Morgan fingerprint density at radius 1 is 1.18 bits per heavy atom. The van der Waals surface area contributed by atoms with E-state index >= 15 is 0 Å². The first-order chi connectivity index (χ1) is 10.7. The predicted molar refractivity (Wildman–Crippen MR) is 85.8 cm³/mol. The molecular formula is C17H20N4O. The van der Waals surface area contributed by atoms with E-state index < -0.39 is 0 Å². The zero-order valence-corrected chi connectivity index (χ0v) is 12.7. The van der Waals surface area contributed by atoms with Crippen molar-refractivity contribution in [3.8, 4) is 0 Å². The van der Waals surface area contributed by atoms with Crippen molar-refractivity contribution in [1.82, 2.24) is 15.3 Å². The van der Waals surface area contributed by atoms with Gasteiger partial charge in [-0.3, -0.25) is 4.79 Å². The first kappa shape index (κ1) is 14.5. The molecule has 0 aliphatic carbocycles. The Bertz CT molecular complexity index is 648. The van der Waals surface area contributed by atoms with Gasteiger partial charge < -0.3 is 10.2 Å². The number of benzene rings is 1. The lowest BCUT2D eigenvalue weighted by atomic mass is 10.1. The van der Waals surface area contributed by atoms with Gasteiger partial charge in [0.1, 0.15) is 5.69 Å². The summed E-state index contributed by atoms with van der Waals surface area (Å²) < 4.78 is 0. The fourth-order valence-electron chi connectivity index (χ4n) is 2.52. The second kappa shape index (κ2) is 6.56. The third-order valence-electron chi connectivity index (χ3n) is 3.84. The van der Waals surface area contributed by atoms with Crippen molar-refractivity contribution in [1.29, 1.82) is 0 Å². The molecule has 1 aliphatic heterocycles. The highest BCUT2D eigenvalue weighted by atomic mass is 16.1. The van der Waals surface area contributed by atoms with Crippen molar-refractivity contribution >= 4 is 11.9 Å². The van der Waals surface area contributed by atoms with Gasteiger partial charge in [-0.05, 0) is 31.4 Å². The molecule has 1 amide bonds. The van der Waals surface area contributed by atoms with Crippen molar-refractivity contribution in [3.05, 3.63) is 53.3 Å². The predicted octanol–water partition coefficient (Wildman–Crippen LogP) is 2.32. The lowest BCUT2D eigenvalue weighted by Crippen LogP contribution is -2.26. The van der Waals surface area contributed by atoms with E-state index in [0.29, 0.717) is 18.2 Å². The molecule has 2 heterocycles. The topological polar surface area (TPSA) is 58.1 Å². The van der Waals surface area contributed by atoms with Gasteiger partial charge in [-0.15, -0.1) is 0 Å². The van der Waals surface area contributed by atoms with Crippen molar-refractivity contribution in [2.45, 2.75) is 26.3 Å². The zero-order valence-electron chi connectivity index (χ0n) is 12.7. The van der Waals surface area contributed by atoms with E-state index in [0.717, 1.165) is 31.5 Å². The largest absolute Gasteiger partial charge is 0.347 e. The minimum absolute atomic E-state index is 0.163. The number of nitrogens with zero attached hydrogens (tertiary/aromatic N) is 3. The molecule has 3 rings (SSSR count). The summed E-state index contributed by atoms with van der Waals surface area (Å²) in [5.41, 5.74) is 2.71. The Labute approximate surface area is 130 Å². The molecule has 0 unspecified atom stereocenters. The summed E-state index contributed by atoms with van der Waals surface area (Å²) in [7, 11) is 0. The molecule has 1 saturated heterocycles. The first-order valence-electron chi connectivity index (χ1n) is 7.64. The van der Waals surface area contributed by atoms with E-state index in [4.69, 9.17) is 0 Å². The number of aromatic nitrogens is 2. The molecule has 0 bridgehead atoms. The fraction of sp³-hybridized carbons (Fsp3) is 0.353. The summed E-state index contributed by atoms with van der Waals surface area (Å²) in [5.74, 6) is 0.490. The average molecular weight is 296 g/mol. The maximum absolute atomic E-state index is 12.2. The quantitative estimate of drug-likeness (QED) is 0.940. The number of carbonyl (C=O) groups excluding carboxylic acids is 1. The number of aryl methyl sites for hydroxylation is 1. The van der Waals surface area contributed by atoms with Crippen LogP contribution in [0.4, 0.5) is 5.95 Å². The maximum Gasteiger partial charge on any atom is 0.270 e. The molecule has 5 heteroatoms. The summed E-state index contributed by atoms with van der Waals surface area (Å²) in [6, 6.07) is 9.77. The normalized spacial score (nSPS) is 14.1. The molecule has 1 aromatic carbocycles. The third-order valence-corrected chi connectivity index (χ3v) is 3.84. The van der Waals surface area contributed by atoms with Crippen LogP contribution in [0.2, 0.25) is 0 Å². The van der Waals surface area contributed by atoms with Crippen LogP contribution in [0.1, 0.15) is 34.5 Å². The highest BCUT2D eigenvalue weighted by Gasteiger charge is 2.16. The Morgan fingerprint density at radius 2 is 1.91 bits per heavy atom. The van der Waals surface area contributed by atoms with Crippen molar-refractivity contribution in [2.75, 3.05) is 18.0 Å². The van der Waals surface area contributed by atoms with Crippen LogP contribution < -0.4 is 10.2 Å². The lowest BCUT2D eigenvalue weighted by molar-refractivity contribution is 0.0946. The number of anilines is 1. The minimum Gasteiger partial charge on any atom is -0.347 e. The van der Waals surface area contributed by atoms with Crippen LogP contribution >= 0.6 is 0 Å². The molecule has 1 aliphatic rings. The number of carbonyl (C=O) groups is 1. The number of hydrogen-bond donors (Lipinski definition) is 1. The Morgan fingerprint density at radius 3 is 2.64 bits per heavy atom. The van der Waals surface area contributed by atoms with E-state index in [9.17, 15) is 4.79 Å². The van der Waals surface area contributed by atoms with Gasteiger partial charge >= 0.3 is 0 Å². The van der Waals surface area contributed by atoms with Crippen LogP contribution in [0.15, 0.2) is 36.5 Å². The molecule has 114 valence electrons. The second-order valence-electron chi connectivity index (χ2n) is 5.60. The van der Waals surface area contributed by atoms with Crippen LogP contribution in [-0.4, -0.2) is 29.0 Å². The summed E-state index contributed by atoms with van der Waals surface area (Å²) in [4.78, 5) is 23.0. The molecule has 2 aromatic rings. The van der Waals surface area contributed by atoms with Crippen LogP contribution in [-0.2, 0) is 6.54 Å². The number of rotatable bonds is 4. The van der Waals surface area contributed by atoms with Gasteiger partial charge in [0.25, 0.3) is 5.91 Å². The molecule has 1 fully saturated rings. The van der Waals surface area contributed by atoms with Gasteiger partial charge in [-0.2, -0.15) is 0 Å². The van der Waals surface area contributed by atoms with Gasteiger partial charge in [0.05, 0.1) is 0 Å². The smallest absolute Gasteiger partial charge is 0.270 e. The SMILES string of the molecule is Cc1ccc(CNC(=O)c2ccnc(N3CCCC3)n2)cc1. The van der Waals surface area contributed by atoms with Crippen molar-refractivity contribution < 1.29 is 4.79 Å². The van der Waals surface area contributed by atoms with E-state index in [1.807, 2.05) is 31.2 Å². The Kier molecular flexibility index (Phi) is 4.32. The van der Waals surface area contributed by atoms with E-state index in [1.165, 1.54) is 5.56 Å². The molecule has 0 atom stereocenters. The number of nitrogens with one attached hydrogen (secondary N) is 1. The molecule has 0 saturated carbocycles. The van der Waals surface area contributed by atoms with Crippen LogP contribution in [0, 0.1) is 6.92 Å². The molecule has 1 aromatic heterocycles. The maximum atomic E-state index is 12.2. The van der Waals surface area contributed by atoms with E-state index in [1.54, 1.807) is 12.3 Å². The second-order valence-corrected chi connectivity index (χ2v) is 5.60. The van der Waals surface area contributed by atoms with Gasteiger partial charge in [0.15, 0.2) is 0 Å². The van der Waals surface area contributed by atoms with Gasteiger partial charge in [-0.25, -0.2) is 9.97 Å². The van der Waals surface area contributed by atoms with Gasteiger partial charge in [0.2, 0.25) is 5.95 Å². The summed E-state index contributed by atoms with van der Waals surface area (Å²) >= 11 is 0. The van der Waals surface area contributed by atoms with Crippen molar-refractivity contribution in [2.24, 2.45) is 0 Å². The molecule has 0 radical (unpaired) electrons. The highest BCUT2D eigenvalue weighted by molar-refractivity contribution is 5.92. The van der Waals surface area contributed by atoms with Crippen LogP contribution in [0.25, 0.3) is 0 Å². The third kappa shape index (κ3) is 3.42. The highest BCUT2D eigenvalue weighted by Crippen LogP contribution is 2.15. The fourth-order valence-corrected chi connectivity index (χ4v) is 2.52. The standard InChI is InChI=1S/C17H20N4O/c1-13-4-6-14(7-5-13)12-19-16(22)15-8-9-18-17(20-15)21-10-2-3-11-21/h4-9H,2-3,10-12H2,1H3,(H,19,22). The Balaban J connectivity index is 1.64. The van der Waals surface area contributed by atoms with Gasteiger partial charge in [0, 0.05) is 25.8 Å². The average Bonchev–Trinajstić information content (AvgIpc) is 3.09. The number of amides is 1. The monoisotopic (exact) mass is 296 g/mol. The zero-order chi connectivity index (χ0) is 15.4. The van der Waals surface area contributed by atoms with E-state index in [2.05, 4.69) is 20.2 Å². The molecule has 22 heavy (non-hydrogen) atoms. The summed E-state index contributed by atoms with van der Waals surface area (Å²) in [6.45, 7) is 4.48. The minimum atomic E-state index is -0.163. The van der Waals surface area contributed by atoms with E-state index in [-0.39, 0.29) is 5.91 Å². The van der Waals surface area contributed by atoms with Crippen molar-refractivity contribution in [3.63, 3.8) is 0 Å². The lowest BCUT2D eigenvalue weighted by Gasteiger charge is -2.15. The Hall–Kier alpha value is -2.43. The van der Waals surface area contributed by atoms with Gasteiger partial charge in [-0.1, -0.05) is 29.8 Å². The summed E-state index contributed by atoms with van der Waals surface area (Å²) in [5, 5.41) is 2.90. The first-order valence-corrected chi connectivity index (χ1v) is 7.64. The molecule has 1 N–H and O–H groups in total. The summed E-state index contributed by atoms with van der Waals surface area (Å²) in [6.07, 6.45) is 3.97. The van der Waals surface area contributed by atoms with Crippen LogP contribution in [0.3, 0.4) is 0 Å². The molecular weight excluding hydrogens is 276 g/mol. The molecule has 5 nitrogen and oxygen atoms in total. The van der Waals surface area contributed by atoms with Crippen LogP contribution in [0.5, 0.6) is 0 Å².